The van der Waals surface area contributed by atoms with E-state index in [9.17, 15) is 4.79 Å². The van der Waals surface area contributed by atoms with Gasteiger partial charge in [0.1, 0.15) is 0 Å². The van der Waals surface area contributed by atoms with E-state index in [1.54, 1.807) is 11.3 Å². The van der Waals surface area contributed by atoms with Gasteiger partial charge in [0.25, 0.3) is 0 Å². The van der Waals surface area contributed by atoms with Crippen LogP contribution in [-0.4, -0.2) is 42.0 Å². The summed E-state index contributed by atoms with van der Waals surface area (Å²) in [5, 5.41) is 4.06. The second-order valence-electron chi connectivity index (χ2n) is 7.04. The normalized spacial score (nSPS) is 15.6. The standard InChI is InChI=1S/C23H25N3OS/c27-22(18-21-12-7-17-28-21)24-26-15-13-25(14-16-26)23(19-8-3-1-4-9-19)20-10-5-2-6-11-20/h1-12,17,23H,13-16,18H2,(H,24,27). The Balaban J connectivity index is 1.40. The van der Waals surface area contributed by atoms with Crippen LogP contribution >= 0.6 is 11.3 Å². The number of carbonyl (C=O) groups is 1. The topological polar surface area (TPSA) is 35.6 Å². The van der Waals surface area contributed by atoms with Crippen molar-refractivity contribution < 1.29 is 4.79 Å². The molecule has 1 amide bonds. The fraction of sp³-hybridized carbons (Fsp3) is 0.261. The highest BCUT2D eigenvalue weighted by Gasteiger charge is 2.26. The number of amides is 1. The summed E-state index contributed by atoms with van der Waals surface area (Å²) < 4.78 is 0. The smallest absolute Gasteiger partial charge is 0.239 e. The molecule has 1 N–H and O–H groups in total. The van der Waals surface area contributed by atoms with Crippen molar-refractivity contribution in [1.82, 2.24) is 15.3 Å². The van der Waals surface area contributed by atoms with Crippen molar-refractivity contribution in [2.75, 3.05) is 26.2 Å². The van der Waals surface area contributed by atoms with Crippen molar-refractivity contribution in [2.24, 2.45) is 0 Å². The zero-order valence-corrected chi connectivity index (χ0v) is 16.6. The molecule has 0 aliphatic carbocycles. The van der Waals surface area contributed by atoms with E-state index in [0.717, 1.165) is 31.1 Å². The van der Waals surface area contributed by atoms with Gasteiger partial charge in [-0.3, -0.25) is 15.1 Å². The van der Waals surface area contributed by atoms with Gasteiger partial charge in [-0.05, 0) is 22.6 Å². The molecular weight excluding hydrogens is 366 g/mol. The summed E-state index contributed by atoms with van der Waals surface area (Å²) in [5.74, 6) is 0.0681. The molecule has 2 heterocycles. The van der Waals surface area contributed by atoms with Crippen molar-refractivity contribution in [2.45, 2.75) is 12.5 Å². The monoisotopic (exact) mass is 391 g/mol. The SMILES string of the molecule is O=C(Cc1cccs1)NN1CCN(C(c2ccccc2)c2ccccc2)CC1. The van der Waals surface area contributed by atoms with Gasteiger partial charge in [-0.15, -0.1) is 11.3 Å². The lowest BCUT2D eigenvalue weighted by atomic mass is 9.96. The molecular formula is C23H25N3OS. The second kappa shape index (κ2) is 9.15. The molecule has 1 saturated heterocycles. The zero-order valence-electron chi connectivity index (χ0n) is 15.8. The first-order valence-electron chi connectivity index (χ1n) is 9.70. The number of hydrogen-bond donors (Lipinski definition) is 1. The van der Waals surface area contributed by atoms with Crippen LogP contribution in [0.15, 0.2) is 78.2 Å². The number of hydrazine groups is 1. The van der Waals surface area contributed by atoms with Crippen LogP contribution in [0, 0.1) is 0 Å². The Hall–Kier alpha value is -2.47. The first kappa shape index (κ1) is 18.9. The third-order valence-corrected chi connectivity index (χ3v) is 5.98. The first-order chi connectivity index (χ1) is 13.8. The van der Waals surface area contributed by atoms with Crippen LogP contribution in [0.1, 0.15) is 22.0 Å². The van der Waals surface area contributed by atoms with Crippen molar-refractivity contribution in [1.29, 1.82) is 0 Å². The maximum Gasteiger partial charge on any atom is 0.239 e. The number of carbonyl (C=O) groups excluding carboxylic acids is 1. The molecule has 0 atom stereocenters. The lowest BCUT2D eigenvalue weighted by Crippen LogP contribution is -2.54. The van der Waals surface area contributed by atoms with Gasteiger partial charge in [0.2, 0.25) is 5.91 Å². The number of thiophene rings is 1. The van der Waals surface area contributed by atoms with Crippen LogP contribution in [0.5, 0.6) is 0 Å². The quantitative estimate of drug-likeness (QED) is 0.695. The van der Waals surface area contributed by atoms with Gasteiger partial charge in [-0.25, -0.2) is 5.01 Å². The minimum atomic E-state index is 0.0681. The van der Waals surface area contributed by atoms with Crippen LogP contribution in [0.4, 0.5) is 0 Å². The summed E-state index contributed by atoms with van der Waals surface area (Å²) in [6, 6.07) is 25.6. The molecule has 1 fully saturated rings. The van der Waals surface area contributed by atoms with E-state index in [-0.39, 0.29) is 11.9 Å². The predicted molar refractivity (Wildman–Crippen MR) is 114 cm³/mol. The van der Waals surface area contributed by atoms with E-state index in [0.29, 0.717) is 6.42 Å². The highest BCUT2D eigenvalue weighted by atomic mass is 32.1. The van der Waals surface area contributed by atoms with Crippen LogP contribution in [0.2, 0.25) is 0 Å². The van der Waals surface area contributed by atoms with Crippen LogP contribution in [0.25, 0.3) is 0 Å². The highest BCUT2D eigenvalue weighted by Crippen LogP contribution is 2.29. The molecule has 2 aromatic carbocycles. The number of rotatable bonds is 6. The third-order valence-electron chi connectivity index (χ3n) is 5.11. The summed E-state index contributed by atoms with van der Waals surface area (Å²) in [7, 11) is 0. The van der Waals surface area contributed by atoms with Crippen LogP contribution < -0.4 is 5.43 Å². The van der Waals surface area contributed by atoms with E-state index in [1.807, 2.05) is 17.5 Å². The Labute approximate surface area is 170 Å². The molecule has 1 aliphatic heterocycles. The van der Waals surface area contributed by atoms with Gasteiger partial charge in [-0.2, -0.15) is 0 Å². The highest BCUT2D eigenvalue weighted by molar-refractivity contribution is 7.10. The molecule has 0 radical (unpaired) electrons. The van der Waals surface area contributed by atoms with E-state index in [2.05, 4.69) is 76.0 Å². The number of benzene rings is 2. The fourth-order valence-corrected chi connectivity index (χ4v) is 4.47. The zero-order chi connectivity index (χ0) is 19.2. The van der Waals surface area contributed by atoms with E-state index in [4.69, 9.17) is 0 Å². The Kier molecular flexibility index (Phi) is 6.17. The number of nitrogens with one attached hydrogen (secondary N) is 1. The van der Waals surface area contributed by atoms with E-state index in [1.165, 1.54) is 11.1 Å². The van der Waals surface area contributed by atoms with Gasteiger partial charge in [-0.1, -0.05) is 66.7 Å². The molecule has 4 rings (SSSR count). The molecule has 28 heavy (non-hydrogen) atoms. The van der Waals surface area contributed by atoms with Gasteiger partial charge in [0.15, 0.2) is 0 Å². The maximum atomic E-state index is 12.3. The summed E-state index contributed by atoms with van der Waals surface area (Å²) in [4.78, 5) is 15.9. The largest absolute Gasteiger partial charge is 0.290 e. The van der Waals surface area contributed by atoms with Crippen molar-refractivity contribution in [3.8, 4) is 0 Å². The molecule has 0 spiro atoms. The summed E-state index contributed by atoms with van der Waals surface area (Å²) in [5.41, 5.74) is 5.69. The molecule has 5 heteroatoms. The second-order valence-corrected chi connectivity index (χ2v) is 8.07. The van der Waals surface area contributed by atoms with Gasteiger partial charge >= 0.3 is 0 Å². The molecule has 0 unspecified atom stereocenters. The third kappa shape index (κ3) is 4.68. The lowest BCUT2D eigenvalue weighted by Gasteiger charge is -2.39. The van der Waals surface area contributed by atoms with E-state index < -0.39 is 0 Å². The molecule has 0 saturated carbocycles. The lowest BCUT2D eigenvalue weighted by molar-refractivity contribution is -0.126. The fourth-order valence-electron chi connectivity index (χ4n) is 3.76. The van der Waals surface area contributed by atoms with Crippen LogP contribution in [-0.2, 0) is 11.2 Å². The molecule has 4 nitrogen and oxygen atoms in total. The first-order valence-corrected chi connectivity index (χ1v) is 10.6. The summed E-state index contributed by atoms with van der Waals surface area (Å²) in [6.07, 6.45) is 0.453. The Morgan fingerprint density at radius 2 is 1.46 bits per heavy atom. The molecule has 1 aromatic heterocycles. The maximum absolute atomic E-state index is 12.3. The minimum absolute atomic E-state index is 0.0681. The van der Waals surface area contributed by atoms with Crippen molar-refractivity contribution in [3.63, 3.8) is 0 Å². The Bertz CT molecular complexity index is 820. The molecule has 0 bridgehead atoms. The van der Waals surface area contributed by atoms with Gasteiger partial charge in [0, 0.05) is 31.1 Å². The average Bonchev–Trinajstić information content (AvgIpc) is 3.24. The van der Waals surface area contributed by atoms with Gasteiger partial charge in [0.05, 0.1) is 12.5 Å². The molecule has 144 valence electrons. The predicted octanol–water partition coefficient (Wildman–Crippen LogP) is 3.73. The number of piperazine rings is 1. The van der Waals surface area contributed by atoms with Gasteiger partial charge < -0.3 is 0 Å². The Morgan fingerprint density at radius 3 is 2.00 bits per heavy atom. The van der Waals surface area contributed by atoms with Crippen molar-refractivity contribution in [3.05, 3.63) is 94.2 Å². The minimum Gasteiger partial charge on any atom is -0.290 e. The summed E-state index contributed by atoms with van der Waals surface area (Å²) >= 11 is 1.63. The average molecular weight is 392 g/mol. The number of hydrogen-bond acceptors (Lipinski definition) is 4. The van der Waals surface area contributed by atoms with E-state index >= 15 is 0 Å². The van der Waals surface area contributed by atoms with Crippen LogP contribution in [0.3, 0.4) is 0 Å². The summed E-state index contributed by atoms with van der Waals surface area (Å²) in [6.45, 7) is 3.47. The molecule has 3 aromatic rings. The molecule has 1 aliphatic rings. The number of nitrogens with zero attached hydrogens (tertiary/aromatic N) is 2. The van der Waals surface area contributed by atoms with Crippen molar-refractivity contribution >= 4 is 17.2 Å². The Morgan fingerprint density at radius 1 is 0.857 bits per heavy atom.